The summed E-state index contributed by atoms with van der Waals surface area (Å²) in [7, 11) is 0. The number of benzene rings is 2. The fourth-order valence-corrected chi connectivity index (χ4v) is 3.42. The highest BCUT2D eigenvalue weighted by molar-refractivity contribution is 5.36. The standard InChI is InChI=1S/C21H28N2O/c1-2-8-20(23-15-13-22-14-16-23)19-11-6-7-12-21(19)24-17-18-9-4-3-5-10-18/h3-7,9-12,20,22H,2,8,13-17H2,1H3/t20-/m0/s1. The minimum absolute atomic E-state index is 0.448. The predicted octanol–water partition coefficient (Wildman–Crippen LogP) is 4.01. The van der Waals surface area contributed by atoms with Crippen molar-refractivity contribution in [3.63, 3.8) is 0 Å². The Balaban J connectivity index is 1.77. The van der Waals surface area contributed by atoms with Gasteiger partial charge in [-0.05, 0) is 18.1 Å². The maximum absolute atomic E-state index is 6.20. The van der Waals surface area contributed by atoms with Crippen molar-refractivity contribution in [1.82, 2.24) is 10.2 Å². The summed E-state index contributed by atoms with van der Waals surface area (Å²) in [4.78, 5) is 2.60. The molecule has 3 rings (SSSR count). The van der Waals surface area contributed by atoms with Gasteiger partial charge in [0.05, 0.1) is 0 Å². The SMILES string of the molecule is CCC[C@@H](c1ccccc1OCc1ccccc1)N1CCNCC1. The van der Waals surface area contributed by atoms with Crippen molar-refractivity contribution >= 4 is 0 Å². The summed E-state index contributed by atoms with van der Waals surface area (Å²) in [6.07, 6.45) is 2.35. The van der Waals surface area contributed by atoms with E-state index >= 15 is 0 Å². The van der Waals surface area contributed by atoms with Crippen LogP contribution in [-0.4, -0.2) is 31.1 Å². The molecule has 1 heterocycles. The van der Waals surface area contributed by atoms with Crippen LogP contribution in [0.15, 0.2) is 54.6 Å². The summed E-state index contributed by atoms with van der Waals surface area (Å²) < 4.78 is 6.20. The summed E-state index contributed by atoms with van der Waals surface area (Å²) in [6.45, 7) is 7.26. The number of para-hydroxylation sites is 1. The van der Waals surface area contributed by atoms with Crippen LogP contribution in [0.5, 0.6) is 5.75 Å². The van der Waals surface area contributed by atoms with Gasteiger partial charge in [-0.3, -0.25) is 4.90 Å². The smallest absolute Gasteiger partial charge is 0.124 e. The van der Waals surface area contributed by atoms with Gasteiger partial charge in [-0.2, -0.15) is 0 Å². The summed E-state index contributed by atoms with van der Waals surface area (Å²) in [5.41, 5.74) is 2.54. The molecule has 128 valence electrons. The van der Waals surface area contributed by atoms with Crippen molar-refractivity contribution in [2.45, 2.75) is 32.4 Å². The minimum atomic E-state index is 0.448. The molecule has 0 bridgehead atoms. The van der Waals surface area contributed by atoms with Gasteiger partial charge in [0.2, 0.25) is 0 Å². The van der Waals surface area contributed by atoms with Crippen LogP contribution in [0.4, 0.5) is 0 Å². The van der Waals surface area contributed by atoms with Crippen LogP contribution in [0.1, 0.15) is 36.9 Å². The van der Waals surface area contributed by atoms with Gasteiger partial charge < -0.3 is 10.1 Å². The molecule has 0 saturated carbocycles. The van der Waals surface area contributed by atoms with Crippen LogP contribution in [0, 0.1) is 0 Å². The van der Waals surface area contributed by atoms with Crippen LogP contribution in [0.2, 0.25) is 0 Å². The Bertz CT molecular complexity index is 608. The second-order valence-electron chi connectivity index (χ2n) is 6.40. The van der Waals surface area contributed by atoms with E-state index in [1.54, 1.807) is 0 Å². The number of rotatable bonds is 7. The van der Waals surface area contributed by atoms with Crippen molar-refractivity contribution in [2.75, 3.05) is 26.2 Å². The molecule has 24 heavy (non-hydrogen) atoms. The van der Waals surface area contributed by atoms with Crippen molar-refractivity contribution in [1.29, 1.82) is 0 Å². The lowest BCUT2D eigenvalue weighted by Gasteiger charge is -2.36. The first-order valence-corrected chi connectivity index (χ1v) is 9.09. The molecule has 0 radical (unpaired) electrons. The van der Waals surface area contributed by atoms with E-state index in [9.17, 15) is 0 Å². The molecule has 3 heteroatoms. The molecule has 0 unspecified atom stereocenters. The lowest BCUT2D eigenvalue weighted by atomic mass is 9.99. The van der Waals surface area contributed by atoms with E-state index in [1.807, 2.05) is 6.07 Å². The highest BCUT2D eigenvalue weighted by Gasteiger charge is 2.24. The molecule has 0 aliphatic carbocycles. The summed E-state index contributed by atoms with van der Waals surface area (Å²) in [5.74, 6) is 1.03. The molecule has 1 saturated heterocycles. The second-order valence-corrected chi connectivity index (χ2v) is 6.40. The van der Waals surface area contributed by atoms with E-state index in [1.165, 1.54) is 24.0 Å². The molecule has 1 N–H and O–H groups in total. The number of ether oxygens (including phenoxy) is 1. The van der Waals surface area contributed by atoms with Gasteiger partial charge in [0.1, 0.15) is 12.4 Å². The Morgan fingerprint density at radius 3 is 2.46 bits per heavy atom. The third kappa shape index (κ3) is 4.37. The average molecular weight is 324 g/mol. The van der Waals surface area contributed by atoms with Crippen molar-refractivity contribution in [3.05, 3.63) is 65.7 Å². The lowest BCUT2D eigenvalue weighted by Crippen LogP contribution is -2.45. The number of hydrogen-bond acceptors (Lipinski definition) is 3. The molecule has 0 amide bonds. The second kappa shape index (κ2) is 8.86. The minimum Gasteiger partial charge on any atom is -0.489 e. The van der Waals surface area contributed by atoms with E-state index in [4.69, 9.17) is 4.74 Å². The largest absolute Gasteiger partial charge is 0.489 e. The monoisotopic (exact) mass is 324 g/mol. The molecule has 3 nitrogen and oxygen atoms in total. The van der Waals surface area contributed by atoms with Crippen LogP contribution in [-0.2, 0) is 6.61 Å². The number of nitrogens with one attached hydrogen (secondary N) is 1. The zero-order valence-corrected chi connectivity index (χ0v) is 14.6. The highest BCUT2D eigenvalue weighted by Crippen LogP contribution is 2.33. The Morgan fingerprint density at radius 1 is 1.00 bits per heavy atom. The van der Waals surface area contributed by atoms with Gasteiger partial charge >= 0.3 is 0 Å². The van der Waals surface area contributed by atoms with Gasteiger partial charge in [0, 0.05) is 37.8 Å². The van der Waals surface area contributed by atoms with E-state index < -0.39 is 0 Å². The first-order chi connectivity index (χ1) is 11.9. The fraction of sp³-hybridized carbons (Fsp3) is 0.429. The number of nitrogens with zero attached hydrogens (tertiary/aromatic N) is 1. The highest BCUT2D eigenvalue weighted by atomic mass is 16.5. The molecule has 0 aromatic heterocycles. The lowest BCUT2D eigenvalue weighted by molar-refractivity contribution is 0.160. The molecule has 1 aliphatic heterocycles. The normalized spacial score (nSPS) is 16.7. The summed E-state index contributed by atoms with van der Waals surface area (Å²) in [5, 5.41) is 3.45. The number of piperazine rings is 1. The third-order valence-corrected chi connectivity index (χ3v) is 4.67. The van der Waals surface area contributed by atoms with E-state index in [0.717, 1.165) is 31.9 Å². The van der Waals surface area contributed by atoms with Crippen molar-refractivity contribution < 1.29 is 4.74 Å². The van der Waals surface area contributed by atoms with Crippen molar-refractivity contribution in [2.24, 2.45) is 0 Å². The molecule has 1 fully saturated rings. The molecule has 1 atom stereocenters. The van der Waals surface area contributed by atoms with Gasteiger partial charge in [-0.1, -0.05) is 61.9 Å². The van der Waals surface area contributed by atoms with Gasteiger partial charge in [0.15, 0.2) is 0 Å². The Hall–Kier alpha value is -1.84. The summed E-state index contributed by atoms with van der Waals surface area (Å²) in [6, 6.07) is 19.4. The Labute approximate surface area is 145 Å². The average Bonchev–Trinajstić information content (AvgIpc) is 2.66. The first kappa shape index (κ1) is 17.0. The maximum atomic E-state index is 6.20. The zero-order chi connectivity index (χ0) is 16.6. The Morgan fingerprint density at radius 2 is 1.71 bits per heavy atom. The van der Waals surface area contributed by atoms with Crippen LogP contribution in [0.25, 0.3) is 0 Å². The molecular weight excluding hydrogens is 296 g/mol. The summed E-state index contributed by atoms with van der Waals surface area (Å²) >= 11 is 0. The van der Waals surface area contributed by atoms with E-state index in [-0.39, 0.29) is 0 Å². The molecule has 1 aliphatic rings. The molecule has 2 aromatic rings. The topological polar surface area (TPSA) is 24.5 Å². The van der Waals surface area contributed by atoms with Crippen LogP contribution in [0.3, 0.4) is 0 Å². The van der Waals surface area contributed by atoms with Crippen LogP contribution >= 0.6 is 0 Å². The first-order valence-electron chi connectivity index (χ1n) is 9.09. The zero-order valence-electron chi connectivity index (χ0n) is 14.6. The maximum Gasteiger partial charge on any atom is 0.124 e. The molecule has 0 spiro atoms. The number of hydrogen-bond donors (Lipinski definition) is 1. The fourth-order valence-electron chi connectivity index (χ4n) is 3.42. The predicted molar refractivity (Wildman–Crippen MR) is 99.3 cm³/mol. The molecule has 2 aromatic carbocycles. The van der Waals surface area contributed by atoms with E-state index in [2.05, 4.69) is 65.7 Å². The van der Waals surface area contributed by atoms with Gasteiger partial charge in [-0.25, -0.2) is 0 Å². The Kier molecular flexibility index (Phi) is 6.27. The van der Waals surface area contributed by atoms with Crippen molar-refractivity contribution in [3.8, 4) is 5.75 Å². The van der Waals surface area contributed by atoms with E-state index in [0.29, 0.717) is 12.6 Å². The van der Waals surface area contributed by atoms with Crippen LogP contribution < -0.4 is 10.1 Å². The van der Waals surface area contributed by atoms with Gasteiger partial charge in [-0.15, -0.1) is 0 Å². The molecular formula is C21H28N2O. The third-order valence-electron chi connectivity index (χ3n) is 4.67. The quantitative estimate of drug-likeness (QED) is 0.833. The van der Waals surface area contributed by atoms with Gasteiger partial charge in [0.25, 0.3) is 0 Å².